The van der Waals surface area contributed by atoms with Gasteiger partial charge in [0.2, 0.25) is 0 Å². The Labute approximate surface area is 156 Å². The minimum absolute atomic E-state index is 0.159. The third-order valence-corrected chi connectivity index (χ3v) is 4.47. The average Bonchev–Trinajstić information content (AvgIpc) is 2.72. The van der Waals surface area contributed by atoms with Gasteiger partial charge in [0.15, 0.2) is 5.78 Å². The predicted molar refractivity (Wildman–Crippen MR) is 110 cm³/mol. The number of ketones is 1. The van der Waals surface area contributed by atoms with Gasteiger partial charge in [-0.2, -0.15) is 0 Å². The van der Waals surface area contributed by atoms with Crippen molar-refractivity contribution >= 4 is 28.8 Å². The number of hydrogen-bond acceptors (Lipinski definition) is 2. The van der Waals surface area contributed by atoms with Gasteiger partial charge in [0, 0.05) is 22.0 Å². The molecule has 0 aliphatic heterocycles. The molecule has 0 aliphatic rings. The van der Waals surface area contributed by atoms with Crippen LogP contribution >= 0.6 is 0 Å². The average molecular weight is 351 g/mol. The molecule has 130 valence electrons. The van der Waals surface area contributed by atoms with Crippen molar-refractivity contribution in [2.24, 2.45) is 0 Å². The van der Waals surface area contributed by atoms with Gasteiger partial charge in [-0.25, -0.2) is 0 Å². The predicted octanol–water partition coefficient (Wildman–Crippen LogP) is 4.93. The van der Waals surface area contributed by atoms with Crippen LogP contribution in [0.5, 0.6) is 0 Å². The standard InChI is InChI=1S/C24H17NO2/c26-23(18-11-5-2-6-12-18)22-20(16-15-17-9-3-1-4-10-17)19-13-7-8-14-21(19)25-24(22)27/h1-16H,(H,25,27)/b16-15+. The zero-order chi connectivity index (χ0) is 18.6. The molecule has 0 spiro atoms. The van der Waals surface area contributed by atoms with Crippen LogP contribution in [0.4, 0.5) is 0 Å². The molecule has 0 amide bonds. The lowest BCUT2D eigenvalue weighted by Crippen LogP contribution is -2.20. The van der Waals surface area contributed by atoms with Gasteiger partial charge in [0.25, 0.3) is 5.56 Å². The fourth-order valence-electron chi connectivity index (χ4n) is 3.14. The molecule has 0 saturated heterocycles. The van der Waals surface area contributed by atoms with Crippen molar-refractivity contribution in [3.8, 4) is 0 Å². The largest absolute Gasteiger partial charge is 0.321 e. The molecule has 0 bridgehead atoms. The van der Waals surface area contributed by atoms with E-state index in [9.17, 15) is 9.59 Å². The normalized spacial score (nSPS) is 11.1. The Balaban J connectivity index is 1.95. The van der Waals surface area contributed by atoms with E-state index in [4.69, 9.17) is 0 Å². The van der Waals surface area contributed by atoms with E-state index in [1.54, 1.807) is 24.3 Å². The van der Waals surface area contributed by atoms with Crippen LogP contribution in [0.2, 0.25) is 0 Å². The van der Waals surface area contributed by atoms with Gasteiger partial charge in [0.05, 0.1) is 5.56 Å². The first-order valence-corrected chi connectivity index (χ1v) is 8.72. The lowest BCUT2D eigenvalue weighted by atomic mass is 9.96. The zero-order valence-corrected chi connectivity index (χ0v) is 14.6. The minimum atomic E-state index is -0.379. The Bertz CT molecular complexity index is 1190. The first kappa shape index (κ1) is 16.7. The van der Waals surface area contributed by atoms with E-state index >= 15 is 0 Å². The molecule has 27 heavy (non-hydrogen) atoms. The maximum Gasteiger partial charge on any atom is 0.260 e. The Morgan fingerprint density at radius 1 is 0.741 bits per heavy atom. The highest BCUT2D eigenvalue weighted by Gasteiger charge is 2.19. The highest BCUT2D eigenvalue weighted by atomic mass is 16.1. The van der Waals surface area contributed by atoms with Crippen molar-refractivity contribution in [2.45, 2.75) is 0 Å². The summed E-state index contributed by atoms with van der Waals surface area (Å²) in [6, 6.07) is 26.2. The van der Waals surface area contributed by atoms with Crippen LogP contribution in [-0.4, -0.2) is 10.8 Å². The number of carbonyl (C=O) groups is 1. The van der Waals surface area contributed by atoms with Crippen LogP contribution < -0.4 is 5.56 Å². The summed E-state index contributed by atoms with van der Waals surface area (Å²) >= 11 is 0. The van der Waals surface area contributed by atoms with Gasteiger partial charge in [-0.3, -0.25) is 9.59 Å². The molecule has 4 aromatic rings. The number of rotatable bonds is 4. The number of carbonyl (C=O) groups excluding carboxylic acids is 1. The molecule has 0 saturated carbocycles. The fraction of sp³-hybridized carbons (Fsp3) is 0. The first-order chi connectivity index (χ1) is 13.2. The lowest BCUT2D eigenvalue weighted by Gasteiger charge is -2.09. The van der Waals surface area contributed by atoms with Gasteiger partial charge < -0.3 is 4.98 Å². The molecular formula is C24H17NO2. The lowest BCUT2D eigenvalue weighted by molar-refractivity contribution is 0.103. The summed E-state index contributed by atoms with van der Waals surface area (Å²) in [6.07, 6.45) is 3.77. The van der Waals surface area contributed by atoms with Gasteiger partial charge in [-0.15, -0.1) is 0 Å². The Hall–Kier alpha value is -3.72. The second-order valence-corrected chi connectivity index (χ2v) is 6.23. The summed E-state index contributed by atoms with van der Waals surface area (Å²) in [7, 11) is 0. The summed E-state index contributed by atoms with van der Waals surface area (Å²) in [5.41, 5.74) is 2.61. The smallest absolute Gasteiger partial charge is 0.260 e. The minimum Gasteiger partial charge on any atom is -0.321 e. The fourth-order valence-corrected chi connectivity index (χ4v) is 3.14. The molecular weight excluding hydrogens is 334 g/mol. The molecule has 3 heteroatoms. The number of H-pyrrole nitrogens is 1. The van der Waals surface area contributed by atoms with E-state index in [0.29, 0.717) is 16.6 Å². The highest BCUT2D eigenvalue weighted by molar-refractivity contribution is 6.13. The van der Waals surface area contributed by atoms with Gasteiger partial charge >= 0.3 is 0 Å². The van der Waals surface area contributed by atoms with E-state index in [2.05, 4.69) is 4.98 Å². The number of pyridine rings is 1. The van der Waals surface area contributed by atoms with E-state index in [1.165, 1.54) is 0 Å². The van der Waals surface area contributed by atoms with Crippen LogP contribution in [0.1, 0.15) is 27.0 Å². The summed E-state index contributed by atoms with van der Waals surface area (Å²) < 4.78 is 0. The number of benzene rings is 3. The monoisotopic (exact) mass is 351 g/mol. The molecule has 0 unspecified atom stereocenters. The molecule has 0 radical (unpaired) electrons. The van der Waals surface area contributed by atoms with Crippen LogP contribution in [-0.2, 0) is 0 Å². The Morgan fingerprint density at radius 2 is 1.37 bits per heavy atom. The van der Waals surface area contributed by atoms with Crippen molar-refractivity contribution in [3.63, 3.8) is 0 Å². The van der Waals surface area contributed by atoms with E-state index < -0.39 is 0 Å². The molecule has 1 aromatic heterocycles. The number of aromatic amines is 1. The maximum atomic E-state index is 13.1. The van der Waals surface area contributed by atoms with Crippen molar-refractivity contribution in [3.05, 3.63) is 118 Å². The molecule has 0 aliphatic carbocycles. The summed E-state index contributed by atoms with van der Waals surface area (Å²) in [5.74, 6) is -0.282. The second-order valence-electron chi connectivity index (χ2n) is 6.23. The topological polar surface area (TPSA) is 49.9 Å². The van der Waals surface area contributed by atoms with Crippen molar-refractivity contribution in [1.82, 2.24) is 4.98 Å². The number of para-hydroxylation sites is 1. The number of aromatic nitrogens is 1. The van der Waals surface area contributed by atoms with E-state index in [0.717, 1.165) is 10.9 Å². The zero-order valence-electron chi connectivity index (χ0n) is 14.6. The second kappa shape index (κ2) is 7.26. The quantitative estimate of drug-likeness (QED) is 0.530. The van der Waals surface area contributed by atoms with E-state index in [-0.39, 0.29) is 16.9 Å². The summed E-state index contributed by atoms with van der Waals surface area (Å²) in [5, 5.41) is 0.837. The van der Waals surface area contributed by atoms with Gasteiger partial charge in [-0.05, 0) is 11.6 Å². The third-order valence-electron chi connectivity index (χ3n) is 4.47. The Morgan fingerprint density at radius 3 is 2.11 bits per heavy atom. The third kappa shape index (κ3) is 3.35. The van der Waals surface area contributed by atoms with Crippen molar-refractivity contribution in [1.29, 1.82) is 0 Å². The van der Waals surface area contributed by atoms with Gasteiger partial charge in [0.1, 0.15) is 0 Å². The van der Waals surface area contributed by atoms with Crippen LogP contribution in [0.3, 0.4) is 0 Å². The maximum absolute atomic E-state index is 13.1. The van der Waals surface area contributed by atoms with Crippen LogP contribution in [0, 0.1) is 0 Å². The van der Waals surface area contributed by atoms with Crippen molar-refractivity contribution < 1.29 is 4.79 Å². The Kier molecular flexibility index (Phi) is 4.50. The molecule has 0 fully saturated rings. The molecule has 1 N–H and O–H groups in total. The van der Waals surface area contributed by atoms with Crippen LogP contribution in [0.15, 0.2) is 89.7 Å². The molecule has 1 heterocycles. The highest BCUT2D eigenvalue weighted by Crippen LogP contribution is 2.23. The first-order valence-electron chi connectivity index (χ1n) is 8.72. The van der Waals surface area contributed by atoms with Gasteiger partial charge in [-0.1, -0.05) is 91.0 Å². The summed E-state index contributed by atoms with van der Waals surface area (Å²) in [6.45, 7) is 0. The molecule has 0 atom stereocenters. The van der Waals surface area contributed by atoms with Crippen LogP contribution in [0.25, 0.3) is 23.1 Å². The SMILES string of the molecule is O=C(c1ccccc1)c1c(/C=C/c2ccccc2)c2ccccc2[nH]c1=O. The summed E-state index contributed by atoms with van der Waals surface area (Å²) in [4.78, 5) is 28.7. The molecule has 3 aromatic carbocycles. The van der Waals surface area contributed by atoms with E-state index in [1.807, 2.05) is 72.8 Å². The van der Waals surface area contributed by atoms with Crippen molar-refractivity contribution in [2.75, 3.05) is 0 Å². The molecule has 4 rings (SSSR count). The number of hydrogen-bond donors (Lipinski definition) is 1. The molecule has 3 nitrogen and oxygen atoms in total. The number of nitrogens with one attached hydrogen (secondary N) is 1. The number of fused-ring (bicyclic) bond motifs is 1.